The lowest BCUT2D eigenvalue weighted by Crippen LogP contribution is -2.37. The number of anilines is 2. The van der Waals surface area contributed by atoms with E-state index < -0.39 is 0 Å². The Morgan fingerprint density at radius 3 is 1.29 bits per heavy atom. The van der Waals surface area contributed by atoms with E-state index in [2.05, 4.69) is 101 Å². The van der Waals surface area contributed by atoms with Crippen LogP contribution in [0.4, 0.5) is 11.9 Å². The fraction of sp³-hybridized carbons (Fsp3) is 0.842. The zero-order valence-corrected chi connectivity index (χ0v) is 17.3. The Balaban J connectivity index is 2.84. The number of hydrogen-bond acceptors (Lipinski definition) is 5. The van der Waals surface area contributed by atoms with E-state index in [1.54, 1.807) is 0 Å². The largest absolute Gasteiger partial charge is 0.349 e. The molecule has 0 saturated heterocycles. The van der Waals surface area contributed by atoms with E-state index in [1.165, 1.54) is 0 Å². The van der Waals surface area contributed by atoms with Gasteiger partial charge in [0.2, 0.25) is 18.2 Å². The summed E-state index contributed by atoms with van der Waals surface area (Å²) < 4.78 is 0. The maximum atomic E-state index is 4.53. The van der Waals surface area contributed by atoms with Crippen LogP contribution in [0.25, 0.3) is 0 Å². The molecule has 0 bridgehead atoms. The molecule has 1 rings (SSSR count). The third-order valence-corrected chi connectivity index (χ3v) is 3.37. The van der Waals surface area contributed by atoms with E-state index >= 15 is 0 Å². The van der Waals surface area contributed by atoms with E-state index in [1.807, 2.05) is 0 Å². The van der Waals surface area contributed by atoms with Gasteiger partial charge in [0.1, 0.15) is 0 Å². The van der Waals surface area contributed by atoms with Crippen molar-refractivity contribution in [3.8, 4) is 0 Å². The van der Waals surface area contributed by atoms with Crippen LogP contribution in [-0.4, -0.2) is 26.0 Å². The minimum absolute atomic E-state index is 0.106. The van der Waals surface area contributed by atoms with Crippen molar-refractivity contribution in [2.24, 2.45) is 10.8 Å². The highest BCUT2D eigenvalue weighted by molar-refractivity contribution is 5.36. The summed E-state index contributed by atoms with van der Waals surface area (Å²) in [6, 6.07) is 0. The van der Waals surface area contributed by atoms with Gasteiger partial charge in [-0.15, -0.1) is 0 Å². The molecule has 0 unspecified atom stereocenters. The van der Waals surface area contributed by atoms with E-state index in [-0.39, 0.29) is 21.9 Å². The quantitative estimate of drug-likeness (QED) is 0.772. The molecule has 0 saturated carbocycles. The van der Waals surface area contributed by atoms with E-state index in [0.717, 1.165) is 12.8 Å². The predicted octanol–water partition coefficient (Wildman–Crippen LogP) is 4.93. The molecule has 1 radical (unpaired) electrons. The molecule has 5 nitrogen and oxygen atoms in total. The Bertz CT molecular complexity index is 490. The van der Waals surface area contributed by atoms with Gasteiger partial charge >= 0.3 is 0 Å². The van der Waals surface area contributed by atoms with Gasteiger partial charge in [0.15, 0.2) is 0 Å². The highest BCUT2D eigenvalue weighted by Gasteiger charge is 2.28. The summed E-state index contributed by atoms with van der Waals surface area (Å²) in [4.78, 5) is 12.8. The van der Waals surface area contributed by atoms with Crippen molar-refractivity contribution < 1.29 is 0 Å². The van der Waals surface area contributed by atoms with Crippen molar-refractivity contribution in [1.82, 2.24) is 15.0 Å². The lowest BCUT2D eigenvalue weighted by Gasteiger charge is -2.34. The van der Waals surface area contributed by atoms with Crippen LogP contribution in [0.2, 0.25) is 0 Å². The predicted molar refractivity (Wildman–Crippen MR) is 102 cm³/mol. The SMILES string of the molecule is CC(C)(C)CC(C)(C)Nc1n[c]nc(NC(C)(C)CC(C)(C)C)n1. The van der Waals surface area contributed by atoms with Crippen LogP contribution in [-0.2, 0) is 0 Å². The number of aromatic nitrogens is 3. The highest BCUT2D eigenvalue weighted by atomic mass is 15.2. The monoisotopic (exact) mass is 334 g/mol. The van der Waals surface area contributed by atoms with Crippen molar-refractivity contribution in [3.05, 3.63) is 6.33 Å². The minimum Gasteiger partial charge on any atom is -0.349 e. The smallest absolute Gasteiger partial charge is 0.228 e. The molecule has 5 heteroatoms. The van der Waals surface area contributed by atoms with Crippen LogP contribution in [0.5, 0.6) is 0 Å². The fourth-order valence-corrected chi connectivity index (χ4v) is 3.73. The second-order valence-corrected chi connectivity index (χ2v) is 10.6. The van der Waals surface area contributed by atoms with Crippen LogP contribution < -0.4 is 10.6 Å². The van der Waals surface area contributed by atoms with Crippen molar-refractivity contribution in [1.29, 1.82) is 0 Å². The van der Waals surface area contributed by atoms with Crippen LogP contribution >= 0.6 is 0 Å². The molecule has 1 heterocycles. The molecule has 0 fully saturated rings. The molecule has 0 aromatic carbocycles. The van der Waals surface area contributed by atoms with Gasteiger partial charge in [-0.25, -0.2) is 0 Å². The molecule has 24 heavy (non-hydrogen) atoms. The first-order valence-electron chi connectivity index (χ1n) is 8.76. The molecule has 0 amide bonds. The van der Waals surface area contributed by atoms with Crippen LogP contribution in [0.3, 0.4) is 0 Å². The lowest BCUT2D eigenvalue weighted by atomic mass is 9.82. The van der Waals surface area contributed by atoms with Crippen LogP contribution in [0.15, 0.2) is 0 Å². The van der Waals surface area contributed by atoms with Gasteiger partial charge in [-0.05, 0) is 51.4 Å². The molecule has 137 valence electrons. The highest BCUT2D eigenvalue weighted by Crippen LogP contribution is 2.30. The maximum Gasteiger partial charge on any atom is 0.228 e. The summed E-state index contributed by atoms with van der Waals surface area (Å²) in [5, 5.41) is 6.83. The number of hydrogen-bond donors (Lipinski definition) is 2. The van der Waals surface area contributed by atoms with Crippen molar-refractivity contribution in [3.63, 3.8) is 0 Å². The summed E-state index contributed by atoms with van der Waals surface area (Å²) in [5.74, 6) is 1.13. The summed E-state index contributed by atoms with van der Waals surface area (Å²) in [6.45, 7) is 22.1. The number of nitrogens with one attached hydrogen (secondary N) is 2. The van der Waals surface area contributed by atoms with Gasteiger partial charge in [-0.1, -0.05) is 41.5 Å². The maximum absolute atomic E-state index is 4.53. The molecule has 0 spiro atoms. The van der Waals surface area contributed by atoms with Gasteiger partial charge in [0.25, 0.3) is 0 Å². The Labute approximate surface area is 148 Å². The standard InChI is InChI=1S/C19H36N5/c1-16(2,3)11-18(7,8)23-14-20-13-21-15(22-14)24-19(9,10)12-17(4,5)6/h11-12H2,1-10H3,(H2,20,21,22,23,24). The van der Waals surface area contributed by atoms with Gasteiger partial charge in [0.05, 0.1) is 0 Å². The molecule has 2 N–H and O–H groups in total. The van der Waals surface area contributed by atoms with Gasteiger partial charge < -0.3 is 10.6 Å². The molecular weight excluding hydrogens is 298 g/mol. The topological polar surface area (TPSA) is 62.7 Å². The van der Waals surface area contributed by atoms with E-state index in [4.69, 9.17) is 0 Å². The van der Waals surface area contributed by atoms with Crippen LogP contribution in [0, 0.1) is 17.2 Å². The first-order valence-corrected chi connectivity index (χ1v) is 8.76. The third kappa shape index (κ3) is 8.46. The molecule has 0 atom stereocenters. The van der Waals surface area contributed by atoms with Crippen molar-refractivity contribution in [2.75, 3.05) is 10.6 Å². The van der Waals surface area contributed by atoms with Crippen LogP contribution in [0.1, 0.15) is 82.1 Å². The Morgan fingerprint density at radius 1 is 0.667 bits per heavy atom. The first kappa shape index (κ1) is 20.7. The zero-order valence-electron chi connectivity index (χ0n) is 17.3. The average molecular weight is 335 g/mol. The fourth-order valence-electron chi connectivity index (χ4n) is 3.73. The lowest BCUT2D eigenvalue weighted by molar-refractivity contribution is 0.301. The molecule has 1 aromatic heterocycles. The molecule has 0 aliphatic heterocycles. The summed E-state index contributed by atoms with van der Waals surface area (Å²) in [7, 11) is 0. The van der Waals surface area contributed by atoms with Crippen molar-refractivity contribution in [2.45, 2.75) is 93.2 Å². The second kappa shape index (κ2) is 6.85. The van der Waals surface area contributed by atoms with E-state index in [9.17, 15) is 0 Å². The summed E-state index contributed by atoms with van der Waals surface area (Å²) >= 11 is 0. The third-order valence-electron chi connectivity index (χ3n) is 3.37. The zero-order chi connectivity index (χ0) is 18.8. The van der Waals surface area contributed by atoms with Gasteiger partial charge in [-0.2, -0.15) is 15.0 Å². The average Bonchev–Trinajstić information content (AvgIpc) is 2.19. The molecule has 0 aliphatic rings. The van der Waals surface area contributed by atoms with E-state index in [0.29, 0.717) is 11.9 Å². The van der Waals surface area contributed by atoms with Crippen molar-refractivity contribution >= 4 is 11.9 Å². The Kier molecular flexibility index (Phi) is 5.89. The minimum atomic E-state index is -0.106. The van der Waals surface area contributed by atoms with Gasteiger partial charge in [-0.3, -0.25) is 0 Å². The first-order chi connectivity index (χ1) is 10.6. The molecular formula is C19H36N5. The Morgan fingerprint density at radius 2 is 1.00 bits per heavy atom. The van der Waals surface area contributed by atoms with Gasteiger partial charge in [0, 0.05) is 11.1 Å². The molecule has 0 aliphatic carbocycles. The Hall–Kier alpha value is -1.39. The number of rotatable bonds is 6. The normalized spacial score (nSPS) is 13.8. The second-order valence-electron chi connectivity index (χ2n) is 10.6. The summed E-state index contributed by atoms with van der Waals surface area (Å²) in [6.07, 6.45) is 4.72. The number of nitrogens with zero attached hydrogens (tertiary/aromatic N) is 3. The summed E-state index contributed by atoms with van der Waals surface area (Å²) in [5.41, 5.74) is 0.239. The molecule has 1 aromatic rings.